The Morgan fingerprint density at radius 3 is 2.38 bits per heavy atom. The Kier molecular flexibility index (Phi) is 9.01. The summed E-state index contributed by atoms with van der Waals surface area (Å²) in [5.41, 5.74) is 0. The van der Waals surface area contributed by atoms with Gasteiger partial charge < -0.3 is 9.90 Å². The van der Waals surface area contributed by atoms with E-state index in [1.807, 2.05) is 0 Å². The van der Waals surface area contributed by atoms with Crippen LogP contribution >= 0.6 is 0 Å². The van der Waals surface area contributed by atoms with Crippen LogP contribution in [0, 0.1) is 0 Å². The third-order valence-corrected chi connectivity index (χ3v) is 1.83. The van der Waals surface area contributed by atoms with Crippen molar-refractivity contribution in [1.29, 1.82) is 0 Å². The molecule has 0 atom stereocenters. The molecule has 0 aliphatic rings. The molecular formula is C6H9NaO5S. The second kappa shape index (κ2) is 7.52. The molecular weight excluding hydrogens is 207 g/mol. The van der Waals surface area contributed by atoms with Gasteiger partial charge in [0.15, 0.2) is 0 Å². The predicted molar refractivity (Wildman–Crippen MR) is 39.8 cm³/mol. The van der Waals surface area contributed by atoms with E-state index >= 15 is 0 Å². The van der Waals surface area contributed by atoms with Gasteiger partial charge in [-0.15, -0.1) is 0 Å². The van der Waals surface area contributed by atoms with Crippen LogP contribution in [0.1, 0.15) is 12.8 Å². The van der Waals surface area contributed by atoms with Gasteiger partial charge in [-0.3, -0.25) is 4.55 Å². The van der Waals surface area contributed by atoms with Gasteiger partial charge in [0.05, 0.1) is 11.7 Å². The molecule has 0 unspecified atom stereocenters. The minimum atomic E-state index is -3.92. The van der Waals surface area contributed by atoms with Gasteiger partial charge in [-0.25, -0.2) is 0 Å². The molecule has 0 fully saturated rings. The van der Waals surface area contributed by atoms with E-state index in [0.29, 0.717) is 0 Å². The van der Waals surface area contributed by atoms with Gasteiger partial charge in [0.1, 0.15) is 0 Å². The molecule has 5 nitrogen and oxygen atoms in total. The van der Waals surface area contributed by atoms with Gasteiger partial charge in [0, 0.05) is 0 Å². The summed E-state index contributed by atoms with van der Waals surface area (Å²) in [6, 6.07) is 0. The summed E-state index contributed by atoms with van der Waals surface area (Å²) in [6.45, 7) is 0. The maximum atomic E-state index is 10.1. The fraction of sp³-hybridized carbons (Fsp3) is 0.500. The molecule has 0 radical (unpaired) electrons. The molecule has 0 amide bonds. The maximum absolute atomic E-state index is 10.1. The minimum Gasteiger partial charge on any atom is -0.545 e. The van der Waals surface area contributed by atoms with Crippen LogP contribution in [0.5, 0.6) is 0 Å². The molecule has 0 saturated carbocycles. The van der Waals surface area contributed by atoms with Crippen LogP contribution in [-0.4, -0.2) is 24.7 Å². The third kappa shape index (κ3) is 14.9. The monoisotopic (exact) mass is 216 g/mol. The Labute approximate surface area is 98.9 Å². The largest absolute Gasteiger partial charge is 1.00 e. The molecule has 0 aliphatic carbocycles. The van der Waals surface area contributed by atoms with Crippen LogP contribution in [0.3, 0.4) is 0 Å². The van der Waals surface area contributed by atoms with Crippen LogP contribution in [-0.2, 0) is 14.9 Å². The van der Waals surface area contributed by atoms with Crippen molar-refractivity contribution in [3.8, 4) is 0 Å². The Bertz CT molecular complexity index is 269. The molecule has 0 bridgehead atoms. The molecule has 0 aliphatic heterocycles. The third-order valence-electron chi connectivity index (χ3n) is 1.03. The molecule has 0 spiro atoms. The van der Waals surface area contributed by atoms with Crippen LogP contribution in [0.4, 0.5) is 0 Å². The molecule has 70 valence electrons. The number of carboxylic acids is 1. The smallest absolute Gasteiger partial charge is 0.545 e. The number of hydrogen-bond donors (Lipinski definition) is 1. The number of aliphatic carboxylic acids is 1. The van der Waals surface area contributed by atoms with Crippen molar-refractivity contribution < 1.29 is 52.4 Å². The van der Waals surface area contributed by atoms with Crippen molar-refractivity contribution >= 4 is 16.1 Å². The zero-order valence-electron chi connectivity index (χ0n) is 7.26. The van der Waals surface area contributed by atoms with Crippen molar-refractivity contribution in [2.45, 2.75) is 12.8 Å². The first-order valence-corrected chi connectivity index (χ1v) is 4.85. The Morgan fingerprint density at radius 2 is 2.00 bits per heavy atom. The van der Waals surface area contributed by atoms with Crippen molar-refractivity contribution in [2.24, 2.45) is 0 Å². The summed E-state index contributed by atoms with van der Waals surface area (Å²) in [4.78, 5) is 9.79. The summed E-state index contributed by atoms with van der Waals surface area (Å²) in [5, 5.41) is 9.79. The molecule has 0 saturated heterocycles. The molecule has 0 aromatic rings. The molecule has 7 heteroatoms. The summed E-state index contributed by atoms with van der Waals surface area (Å²) in [6.07, 6.45) is 2.58. The molecule has 13 heavy (non-hydrogen) atoms. The topological polar surface area (TPSA) is 94.5 Å². The number of carbonyl (C=O) groups is 1. The molecule has 0 aromatic carbocycles. The van der Waals surface area contributed by atoms with Gasteiger partial charge in [-0.2, -0.15) is 8.42 Å². The van der Waals surface area contributed by atoms with Crippen LogP contribution in [0.25, 0.3) is 0 Å². The molecule has 0 heterocycles. The van der Waals surface area contributed by atoms with Gasteiger partial charge in [0.25, 0.3) is 10.1 Å². The standard InChI is InChI=1S/C6H10O5S.Na/c7-6(8)4-2-1-3-5-12(9,10)11;/h2,4H,1,3,5H2,(H,7,8)(H,9,10,11);/q;+1/p-1/b4-2+;. The second-order valence-corrected chi connectivity index (χ2v) is 3.72. The van der Waals surface area contributed by atoms with Gasteiger partial charge in [-0.1, -0.05) is 6.08 Å². The van der Waals surface area contributed by atoms with Crippen molar-refractivity contribution in [3.05, 3.63) is 12.2 Å². The van der Waals surface area contributed by atoms with E-state index < -0.39 is 16.1 Å². The SMILES string of the molecule is O=C([O-])/C=C/CCCS(=O)(=O)O.[Na+]. The normalized spacial score (nSPS) is 11.2. The number of hydrogen-bond acceptors (Lipinski definition) is 4. The van der Waals surface area contributed by atoms with E-state index in [-0.39, 0.29) is 48.2 Å². The van der Waals surface area contributed by atoms with Crippen molar-refractivity contribution in [3.63, 3.8) is 0 Å². The average Bonchev–Trinajstić information content (AvgIpc) is 1.83. The van der Waals surface area contributed by atoms with E-state index in [4.69, 9.17) is 4.55 Å². The second-order valence-electron chi connectivity index (χ2n) is 2.15. The number of allylic oxidation sites excluding steroid dienone is 1. The van der Waals surface area contributed by atoms with Crippen LogP contribution in [0.2, 0.25) is 0 Å². The molecule has 0 aromatic heterocycles. The number of carbonyl (C=O) groups excluding carboxylic acids is 1. The van der Waals surface area contributed by atoms with Crippen LogP contribution < -0.4 is 34.7 Å². The summed E-state index contributed by atoms with van der Waals surface area (Å²) < 4.78 is 28.5. The Hall–Kier alpha value is 0.120. The van der Waals surface area contributed by atoms with Gasteiger partial charge in [0.2, 0.25) is 0 Å². The first-order valence-electron chi connectivity index (χ1n) is 3.24. The first-order chi connectivity index (χ1) is 5.42. The zero-order valence-corrected chi connectivity index (χ0v) is 10.1. The van der Waals surface area contributed by atoms with Crippen molar-refractivity contribution in [2.75, 3.05) is 5.75 Å². The van der Waals surface area contributed by atoms with Crippen LogP contribution in [0.15, 0.2) is 12.2 Å². The summed E-state index contributed by atoms with van der Waals surface area (Å²) >= 11 is 0. The minimum absolute atomic E-state index is 0. The van der Waals surface area contributed by atoms with Gasteiger partial charge >= 0.3 is 29.6 Å². The van der Waals surface area contributed by atoms with E-state index in [1.165, 1.54) is 6.08 Å². The van der Waals surface area contributed by atoms with E-state index in [1.54, 1.807) is 0 Å². The van der Waals surface area contributed by atoms with E-state index in [9.17, 15) is 18.3 Å². The average molecular weight is 216 g/mol. The number of carboxylic acid groups (broad SMARTS) is 1. The van der Waals surface area contributed by atoms with E-state index in [0.717, 1.165) is 6.08 Å². The quantitative estimate of drug-likeness (QED) is 0.218. The van der Waals surface area contributed by atoms with Gasteiger partial charge in [-0.05, 0) is 18.9 Å². The number of rotatable bonds is 5. The Morgan fingerprint density at radius 1 is 1.46 bits per heavy atom. The maximum Gasteiger partial charge on any atom is 1.00 e. The summed E-state index contributed by atoms with van der Waals surface area (Å²) in [5.74, 6) is -1.67. The van der Waals surface area contributed by atoms with Crippen molar-refractivity contribution in [1.82, 2.24) is 0 Å². The van der Waals surface area contributed by atoms with E-state index in [2.05, 4.69) is 0 Å². The number of unbranched alkanes of at least 4 members (excludes halogenated alkanes) is 1. The first kappa shape index (κ1) is 15.6. The molecule has 1 N–H and O–H groups in total. The zero-order chi connectivity index (χ0) is 9.61. The fourth-order valence-corrected chi connectivity index (χ4v) is 1.09. The predicted octanol–water partition coefficient (Wildman–Crippen LogP) is -4.04. The summed E-state index contributed by atoms with van der Waals surface area (Å²) in [7, 11) is -3.92. The molecule has 0 rings (SSSR count). The fourth-order valence-electron chi connectivity index (χ4n) is 0.563. The Balaban J connectivity index is 0.